The minimum absolute atomic E-state index is 0.0547. The first-order chi connectivity index (χ1) is 10.9. The summed E-state index contributed by atoms with van der Waals surface area (Å²) in [5, 5.41) is 3.28. The molecule has 2 aliphatic heterocycles. The van der Waals surface area contributed by atoms with Crippen LogP contribution in [0.1, 0.15) is 52.4 Å². The van der Waals surface area contributed by atoms with Gasteiger partial charge in [0.15, 0.2) is 0 Å². The molecular formula is C18H31N3O2. The van der Waals surface area contributed by atoms with E-state index in [9.17, 15) is 4.79 Å². The van der Waals surface area contributed by atoms with E-state index in [0.717, 1.165) is 51.4 Å². The smallest absolute Gasteiger partial charge is 0.241 e. The van der Waals surface area contributed by atoms with E-state index in [1.54, 1.807) is 0 Å². The second kappa shape index (κ2) is 5.43. The fourth-order valence-corrected chi connectivity index (χ4v) is 5.19. The molecule has 4 rings (SSSR count). The van der Waals surface area contributed by atoms with Gasteiger partial charge in [-0.15, -0.1) is 0 Å². The highest BCUT2D eigenvalue weighted by molar-refractivity contribution is 5.89. The Labute approximate surface area is 139 Å². The van der Waals surface area contributed by atoms with Crippen LogP contribution in [0.5, 0.6) is 0 Å². The zero-order chi connectivity index (χ0) is 16.2. The number of nitrogens with zero attached hydrogens (tertiary/aromatic N) is 1. The molecule has 2 saturated heterocycles. The van der Waals surface area contributed by atoms with E-state index in [1.165, 1.54) is 12.8 Å². The van der Waals surface area contributed by atoms with Crippen LogP contribution in [0.3, 0.4) is 0 Å². The molecule has 0 spiro atoms. The predicted octanol–water partition coefficient (Wildman–Crippen LogP) is 1.26. The molecule has 0 aromatic heterocycles. The summed E-state index contributed by atoms with van der Waals surface area (Å²) < 4.78 is 5.91. The highest BCUT2D eigenvalue weighted by Crippen LogP contribution is 2.57. The average Bonchev–Trinajstić information content (AvgIpc) is 3.39. The van der Waals surface area contributed by atoms with Crippen LogP contribution in [0, 0.1) is 11.3 Å². The number of piperidine rings is 1. The third-order valence-corrected chi connectivity index (χ3v) is 6.99. The van der Waals surface area contributed by atoms with Crippen LogP contribution in [0.2, 0.25) is 0 Å². The molecule has 2 saturated carbocycles. The van der Waals surface area contributed by atoms with Gasteiger partial charge >= 0.3 is 0 Å². The zero-order valence-corrected chi connectivity index (χ0v) is 14.5. The fourth-order valence-electron chi connectivity index (χ4n) is 5.19. The molecule has 3 atom stereocenters. The molecule has 2 aliphatic carbocycles. The largest absolute Gasteiger partial charge is 0.377 e. The molecule has 4 aliphatic rings. The highest BCUT2D eigenvalue weighted by atomic mass is 16.5. The van der Waals surface area contributed by atoms with Gasteiger partial charge in [0.2, 0.25) is 5.91 Å². The van der Waals surface area contributed by atoms with E-state index in [2.05, 4.69) is 24.1 Å². The van der Waals surface area contributed by atoms with Crippen molar-refractivity contribution in [3.8, 4) is 0 Å². The number of nitrogens with two attached hydrogens (primary N) is 1. The third-order valence-electron chi connectivity index (χ3n) is 6.99. The Morgan fingerprint density at radius 2 is 1.87 bits per heavy atom. The molecule has 130 valence electrons. The number of hydrogen-bond donors (Lipinski definition) is 2. The maximum Gasteiger partial charge on any atom is 0.241 e. The van der Waals surface area contributed by atoms with Crippen molar-refractivity contribution in [3.63, 3.8) is 0 Å². The Morgan fingerprint density at radius 3 is 2.52 bits per heavy atom. The number of carbonyl (C=O) groups is 1. The standard InChI is InChI=1S/C18H31N3O2/c1-17(2)15-14(4-3-11-23-15)18(17,19)16(22)20-12-7-9-21(10-8-12)13-5-6-13/h12-15H,3-11,19H2,1-2H3,(H,20,22). The average molecular weight is 321 g/mol. The van der Waals surface area contributed by atoms with Crippen LogP contribution < -0.4 is 11.1 Å². The van der Waals surface area contributed by atoms with Crippen LogP contribution >= 0.6 is 0 Å². The van der Waals surface area contributed by atoms with E-state index < -0.39 is 5.54 Å². The van der Waals surface area contributed by atoms with Gasteiger partial charge in [0.25, 0.3) is 0 Å². The summed E-state index contributed by atoms with van der Waals surface area (Å²) in [6, 6.07) is 1.12. The number of ether oxygens (including phenoxy) is 1. The van der Waals surface area contributed by atoms with Crippen molar-refractivity contribution in [3.05, 3.63) is 0 Å². The van der Waals surface area contributed by atoms with Gasteiger partial charge in [0.1, 0.15) is 5.54 Å². The Kier molecular flexibility index (Phi) is 3.74. The lowest BCUT2D eigenvalue weighted by Crippen LogP contribution is -2.82. The number of amides is 1. The Hall–Kier alpha value is -0.650. The normalized spacial score (nSPS) is 41.0. The molecule has 5 heteroatoms. The summed E-state index contributed by atoms with van der Waals surface area (Å²) in [6.07, 6.45) is 7.01. The highest BCUT2D eigenvalue weighted by Gasteiger charge is 2.70. The summed E-state index contributed by atoms with van der Waals surface area (Å²) in [6.45, 7) is 7.23. The number of likely N-dealkylation sites (tertiary alicyclic amines) is 1. The summed E-state index contributed by atoms with van der Waals surface area (Å²) in [5.74, 6) is 0.233. The van der Waals surface area contributed by atoms with Crippen molar-refractivity contribution < 1.29 is 9.53 Å². The molecule has 0 radical (unpaired) electrons. The molecule has 0 aromatic rings. The van der Waals surface area contributed by atoms with Gasteiger partial charge in [-0.2, -0.15) is 0 Å². The van der Waals surface area contributed by atoms with E-state index in [-0.39, 0.29) is 29.4 Å². The van der Waals surface area contributed by atoms with Crippen LogP contribution in [-0.2, 0) is 9.53 Å². The minimum Gasteiger partial charge on any atom is -0.377 e. The summed E-state index contributed by atoms with van der Waals surface area (Å²) >= 11 is 0. The van der Waals surface area contributed by atoms with Gasteiger partial charge in [-0.1, -0.05) is 13.8 Å². The van der Waals surface area contributed by atoms with Crippen molar-refractivity contribution >= 4 is 5.91 Å². The van der Waals surface area contributed by atoms with E-state index in [0.29, 0.717) is 0 Å². The summed E-state index contributed by atoms with van der Waals surface area (Å²) in [7, 11) is 0. The van der Waals surface area contributed by atoms with Crippen molar-refractivity contribution in [2.45, 2.75) is 76.1 Å². The first-order valence-corrected chi connectivity index (χ1v) is 9.40. The topological polar surface area (TPSA) is 67.6 Å². The molecule has 5 nitrogen and oxygen atoms in total. The number of hydrogen-bond acceptors (Lipinski definition) is 4. The molecule has 0 aromatic carbocycles. The quantitative estimate of drug-likeness (QED) is 0.821. The molecule has 1 amide bonds. The van der Waals surface area contributed by atoms with Gasteiger partial charge in [0.05, 0.1) is 6.10 Å². The second-order valence-corrected chi connectivity index (χ2v) is 8.65. The zero-order valence-electron chi connectivity index (χ0n) is 14.5. The SMILES string of the molecule is CC1(C)C2OCCCC2C1(N)C(=O)NC1CCN(C2CC2)CC1. The van der Waals surface area contributed by atoms with E-state index >= 15 is 0 Å². The van der Waals surface area contributed by atoms with Crippen LogP contribution in [0.15, 0.2) is 0 Å². The maximum atomic E-state index is 13.0. The first-order valence-electron chi connectivity index (χ1n) is 9.40. The van der Waals surface area contributed by atoms with E-state index in [1.807, 2.05) is 0 Å². The molecular weight excluding hydrogens is 290 g/mol. The lowest BCUT2D eigenvalue weighted by Gasteiger charge is -2.65. The fraction of sp³-hybridized carbons (Fsp3) is 0.944. The van der Waals surface area contributed by atoms with Gasteiger partial charge in [-0.05, 0) is 38.5 Å². The number of fused-ring (bicyclic) bond motifs is 1. The van der Waals surface area contributed by atoms with Gasteiger partial charge in [-0.25, -0.2) is 0 Å². The van der Waals surface area contributed by atoms with Gasteiger partial charge < -0.3 is 20.7 Å². The summed E-state index contributed by atoms with van der Waals surface area (Å²) in [4.78, 5) is 15.6. The lowest BCUT2D eigenvalue weighted by atomic mass is 9.46. The monoisotopic (exact) mass is 321 g/mol. The molecule has 0 bridgehead atoms. The molecule has 2 heterocycles. The van der Waals surface area contributed by atoms with Crippen molar-refractivity contribution in [2.24, 2.45) is 17.1 Å². The number of rotatable bonds is 3. The Bertz CT molecular complexity index is 483. The number of carbonyl (C=O) groups excluding carboxylic acids is 1. The number of nitrogens with one attached hydrogen (secondary N) is 1. The van der Waals surface area contributed by atoms with Crippen LogP contribution in [0.4, 0.5) is 0 Å². The molecule has 3 unspecified atom stereocenters. The first kappa shape index (κ1) is 15.9. The van der Waals surface area contributed by atoms with Gasteiger partial charge in [-0.3, -0.25) is 4.79 Å². The maximum absolute atomic E-state index is 13.0. The molecule has 3 N–H and O–H groups in total. The lowest BCUT2D eigenvalue weighted by molar-refractivity contribution is -0.225. The van der Waals surface area contributed by atoms with Crippen molar-refractivity contribution in [1.29, 1.82) is 0 Å². The second-order valence-electron chi connectivity index (χ2n) is 8.65. The molecule has 4 fully saturated rings. The van der Waals surface area contributed by atoms with Gasteiger partial charge in [0, 0.05) is 43.1 Å². The Morgan fingerprint density at radius 1 is 1.17 bits per heavy atom. The Balaban J connectivity index is 1.38. The summed E-state index contributed by atoms with van der Waals surface area (Å²) in [5.41, 5.74) is 5.63. The minimum atomic E-state index is -0.772. The molecule has 23 heavy (non-hydrogen) atoms. The third kappa shape index (κ3) is 2.35. The predicted molar refractivity (Wildman–Crippen MR) is 88.9 cm³/mol. The van der Waals surface area contributed by atoms with Crippen molar-refractivity contribution in [2.75, 3.05) is 19.7 Å². The van der Waals surface area contributed by atoms with Crippen LogP contribution in [-0.4, -0.2) is 54.2 Å². The van der Waals surface area contributed by atoms with Crippen LogP contribution in [0.25, 0.3) is 0 Å². The van der Waals surface area contributed by atoms with E-state index in [4.69, 9.17) is 10.5 Å². The van der Waals surface area contributed by atoms with Crippen molar-refractivity contribution in [1.82, 2.24) is 10.2 Å².